The van der Waals surface area contributed by atoms with Gasteiger partial charge in [-0.25, -0.2) is 8.42 Å². The molecular formula is C18H24N4O3S2. The molecule has 2 atom stereocenters. The van der Waals surface area contributed by atoms with Gasteiger partial charge in [-0.15, -0.1) is 10.2 Å². The summed E-state index contributed by atoms with van der Waals surface area (Å²) in [6.45, 7) is 4.53. The van der Waals surface area contributed by atoms with E-state index >= 15 is 0 Å². The fourth-order valence-corrected chi connectivity index (χ4v) is 6.01. The Balaban J connectivity index is 1.73. The molecule has 1 aliphatic rings. The predicted molar refractivity (Wildman–Crippen MR) is 106 cm³/mol. The SMILES string of the molecule is CCn1c(S[C@@H](C)C(=O)N(C)[C@H]2CCS(=O)(=O)C2)nnc1-c1ccccc1. The van der Waals surface area contributed by atoms with Crippen molar-refractivity contribution in [3.63, 3.8) is 0 Å². The number of carbonyl (C=O) groups is 1. The lowest BCUT2D eigenvalue weighted by Gasteiger charge is -2.26. The van der Waals surface area contributed by atoms with Crippen molar-refractivity contribution in [3.8, 4) is 11.4 Å². The molecule has 1 saturated heterocycles. The second-order valence-electron chi connectivity index (χ2n) is 6.68. The lowest BCUT2D eigenvalue weighted by Crippen LogP contribution is -2.41. The van der Waals surface area contributed by atoms with Gasteiger partial charge in [-0.2, -0.15) is 0 Å². The molecule has 0 spiro atoms. The zero-order chi connectivity index (χ0) is 19.6. The van der Waals surface area contributed by atoms with Gasteiger partial charge in [0.15, 0.2) is 20.8 Å². The van der Waals surface area contributed by atoms with Crippen LogP contribution < -0.4 is 0 Å². The number of sulfone groups is 1. The van der Waals surface area contributed by atoms with Crippen LogP contribution in [0.4, 0.5) is 0 Å². The van der Waals surface area contributed by atoms with Crippen molar-refractivity contribution in [2.75, 3.05) is 18.6 Å². The van der Waals surface area contributed by atoms with E-state index in [0.29, 0.717) is 18.1 Å². The average molecular weight is 409 g/mol. The zero-order valence-electron chi connectivity index (χ0n) is 15.7. The summed E-state index contributed by atoms with van der Waals surface area (Å²) in [5.74, 6) is 0.890. The van der Waals surface area contributed by atoms with Gasteiger partial charge < -0.3 is 9.47 Å². The third-order valence-corrected chi connectivity index (χ3v) is 7.62. The summed E-state index contributed by atoms with van der Waals surface area (Å²) in [7, 11) is -1.34. The highest BCUT2D eigenvalue weighted by Gasteiger charge is 2.34. The van der Waals surface area contributed by atoms with Gasteiger partial charge in [0.05, 0.1) is 16.8 Å². The first-order valence-corrected chi connectivity index (χ1v) is 11.6. The van der Waals surface area contributed by atoms with Crippen molar-refractivity contribution in [2.24, 2.45) is 0 Å². The molecule has 9 heteroatoms. The van der Waals surface area contributed by atoms with Gasteiger partial charge in [0, 0.05) is 25.2 Å². The van der Waals surface area contributed by atoms with Gasteiger partial charge >= 0.3 is 0 Å². The standard InChI is InChI=1S/C18H24N4O3S2/c1-4-22-16(14-8-6-5-7-9-14)19-20-18(22)26-13(2)17(23)21(3)15-10-11-27(24,25)12-15/h5-9,13,15H,4,10-12H2,1-3H3/t13-,15-/m0/s1. The molecule has 0 N–H and O–H groups in total. The molecule has 1 aliphatic heterocycles. The summed E-state index contributed by atoms with van der Waals surface area (Å²) in [6.07, 6.45) is 0.505. The Morgan fingerprint density at radius 2 is 2.04 bits per heavy atom. The third kappa shape index (κ3) is 4.35. The van der Waals surface area contributed by atoms with Gasteiger partial charge in [0.2, 0.25) is 5.91 Å². The number of aromatic nitrogens is 3. The van der Waals surface area contributed by atoms with Crippen molar-refractivity contribution in [1.82, 2.24) is 19.7 Å². The van der Waals surface area contributed by atoms with Crippen molar-refractivity contribution in [1.29, 1.82) is 0 Å². The molecule has 0 bridgehead atoms. The molecule has 0 saturated carbocycles. The topological polar surface area (TPSA) is 85.2 Å². The highest BCUT2D eigenvalue weighted by atomic mass is 32.2. The Bertz CT molecular complexity index is 912. The highest BCUT2D eigenvalue weighted by molar-refractivity contribution is 8.00. The van der Waals surface area contributed by atoms with Gasteiger partial charge in [0.1, 0.15) is 0 Å². The fourth-order valence-electron chi connectivity index (χ4n) is 3.22. The Morgan fingerprint density at radius 3 is 2.63 bits per heavy atom. The van der Waals surface area contributed by atoms with E-state index in [1.807, 2.05) is 48.7 Å². The maximum Gasteiger partial charge on any atom is 0.235 e. The monoisotopic (exact) mass is 408 g/mol. The maximum atomic E-state index is 12.8. The summed E-state index contributed by atoms with van der Waals surface area (Å²) in [5.41, 5.74) is 0.978. The molecule has 27 heavy (non-hydrogen) atoms. The second-order valence-corrected chi connectivity index (χ2v) is 10.2. The van der Waals surface area contributed by atoms with E-state index in [2.05, 4.69) is 10.2 Å². The number of rotatable bonds is 6. The highest BCUT2D eigenvalue weighted by Crippen LogP contribution is 2.28. The van der Waals surface area contributed by atoms with E-state index in [0.717, 1.165) is 11.4 Å². The number of benzene rings is 1. The molecule has 7 nitrogen and oxygen atoms in total. The van der Waals surface area contributed by atoms with E-state index in [9.17, 15) is 13.2 Å². The average Bonchev–Trinajstić information content (AvgIpc) is 3.23. The first kappa shape index (κ1) is 19.9. The summed E-state index contributed by atoms with van der Waals surface area (Å²) in [4.78, 5) is 14.4. The van der Waals surface area contributed by atoms with Crippen molar-refractivity contribution < 1.29 is 13.2 Å². The summed E-state index contributed by atoms with van der Waals surface area (Å²) >= 11 is 1.35. The van der Waals surface area contributed by atoms with Crippen LogP contribution in [-0.2, 0) is 21.2 Å². The first-order valence-electron chi connectivity index (χ1n) is 8.94. The molecule has 1 aromatic carbocycles. The third-order valence-electron chi connectivity index (χ3n) is 4.80. The molecular weight excluding hydrogens is 384 g/mol. The van der Waals surface area contributed by atoms with E-state index < -0.39 is 9.84 Å². The number of amides is 1. The largest absolute Gasteiger partial charge is 0.341 e. The second kappa shape index (κ2) is 8.02. The van der Waals surface area contributed by atoms with E-state index in [-0.39, 0.29) is 28.7 Å². The molecule has 0 aliphatic carbocycles. The summed E-state index contributed by atoms with van der Waals surface area (Å²) in [6, 6.07) is 9.57. The quantitative estimate of drug-likeness (QED) is 0.681. The van der Waals surface area contributed by atoms with Crippen molar-refractivity contribution in [3.05, 3.63) is 30.3 Å². The zero-order valence-corrected chi connectivity index (χ0v) is 17.3. The van der Waals surface area contributed by atoms with Crippen LogP contribution in [0.15, 0.2) is 35.5 Å². The van der Waals surface area contributed by atoms with Crippen LogP contribution >= 0.6 is 11.8 Å². The molecule has 2 aromatic rings. The lowest BCUT2D eigenvalue weighted by molar-refractivity contribution is -0.130. The predicted octanol–water partition coefficient (Wildman–Crippen LogP) is 2.09. The van der Waals surface area contributed by atoms with Crippen molar-refractivity contribution >= 4 is 27.5 Å². The molecule has 1 amide bonds. The summed E-state index contributed by atoms with van der Waals surface area (Å²) in [5, 5.41) is 8.88. The smallest absolute Gasteiger partial charge is 0.235 e. The van der Waals surface area contributed by atoms with Crippen LogP contribution in [0.5, 0.6) is 0 Å². The number of hydrogen-bond acceptors (Lipinski definition) is 6. The van der Waals surface area contributed by atoms with Crippen LogP contribution in [0.3, 0.4) is 0 Å². The number of hydrogen-bond donors (Lipinski definition) is 0. The van der Waals surface area contributed by atoms with Crippen LogP contribution in [0.25, 0.3) is 11.4 Å². The molecule has 1 aromatic heterocycles. The minimum atomic E-state index is -3.02. The Morgan fingerprint density at radius 1 is 1.33 bits per heavy atom. The van der Waals surface area contributed by atoms with Gasteiger partial charge in [-0.05, 0) is 20.3 Å². The van der Waals surface area contributed by atoms with Crippen LogP contribution in [0, 0.1) is 0 Å². The Hall–Kier alpha value is -1.87. The molecule has 146 valence electrons. The Labute approximate surface area is 164 Å². The van der Waals surface area contributed by atoms with E-state index in [1.165, 1.54) is 11.8 Å². The summed E-state index contributed by atoms with van der Waals surface area (Å²) < 4.78 is 25.4. The lowest BCUT2D eigenvalue weighted by atomic mass is 10.2. The Kier molecular flexibility index (Phi) is 5.90. The molecule has 3 rings (SSSR count). The van der Waals surface area contributed by atoms with Crippen LogP contribution in [0.1, 0.15) is 20.3 Å². The fraction of sp³-hybridized carbons (Fsp3) is 0.500. The number of thioether (sulfide) groups is 1. The van der Waals surface area contributed by atoms with Gasteiger partial charge in [-0.3, -0.25) is 4.79 Å². The van der Waals surface area contributed by atoms with Gasteiger partial charge in [0.25, 0.3) is 0 Å². The maximum absolute atomic E-state index is 12.8. The van der Waals surface area contributed by atoms with Crippen LogP contribution in [0.2, 0.25) is 0 Å². The molecule has 2 heterocycles. The number of carbonyl (C=O) groups excluding carboxylic acids is 1. The van der Waals surface area contributed by atoms with Crippen LogP contribution in [-0.4, -0.2) is 63.8 Å². The van der Waals surface area contributed by atoms with Crippen molar-refractivity contribution in [2.45, 2.75) is 43.3 Å². The number of nitrogens with zero attached hydrogens (tertiary/aromatic N) is 4. The minimum Gasteiger partial charge on any atom is -0.341 e. The normalized spacial score (nSPS) is 19.7. The molecule has 0 unspecified atom stereocenters. The minimum absolute atomic E-state index is 0.0515. The van der Waals surface area contributed by atoms with Gasteiger partial charge in [-0.1, -0.05) is 42.1 Å². The van der Waals surface area contributed by atoms with E-state index in [4.69, 9.17) is 0 Å². The first-order chi connectivity index (χ1) is 12.8. The molecule has 0 radical (unpaired) electrons. The molecule has 1 fully saturated rings. The van der Waals surface area contributed by atoms with E-state index in [1.54, 1.807) is 11.9 Å².